The fourth-order valence-electron chi connectivity index (χ4n) is 1.62. The maximum absolute atomic E-state index is 10.1. The molecule has 17 heavy (non-hydrogen) atoms. The minimum Gasteiger partial charge on any atom is -0.505 e. The molecule has 0 aliphatic carbocycles. The van der Waals surface area contributed by atoms with Gasteiger partial charge in [-0.3, -0.25) is 4.98 Å². The molecule has 0 aliphatic heterocycles. The van der Waals surface area contributed by atoms with Gasteiger partial charge in [0.2, 0.25) is 0 Å². The number of halogens is 1. The zero-order valence-electron chi connectivity index (χ0n) is 9.10. The van der Waals surface area contributed by atoms with Gasteiger partial charge in [-0.05, 0) is 30.4 Å². The van der Waals surface area contributed by atoms with E-state index in [1.807, 2.05) is 18.2 Å². The number of aromatic hydroxyl groups is 1. The summed E-state index contributed by atoms with van der Waals surface area (Å²) in [6, 6.07) is 5.38. The Kier molecular flexibility index (Phi) is 3.92. The van der Waals surface area contributed by atoms with Crippen LogP contribution in [0.25, 0.3) is 17.0 Å². The van der Waals surface area contributed by atoms with Gasteiger partial charge in [-0.25, -0.2) is 0 Å². The topological polar surface area (TPSA) is 33.1 Å². The third-order valence-electron chi connectivity index (χ3n) is 2.44. The van der Waals surface area contributed by atoms with Crippen LogP contribution >= 0.6 is 24.2 Å². The molecule has 4 heteroatoms. The average Bonchev–Trinajstić information content (AvgIpc) is 2.36. The summed E-state index contributed by atoms with van der Waals surface area (Å²) in [6.45, 7) is 0. The van der Waals surface area contributed by atoms with Crippen molar-refractivity contribution in [3.8, 4) is 5.75 Å². The lowest BCUT2D eigenvalue weighted by molar-refractivity contribution is 0.479. The van der Waals surface area contributed by atoms with Crippen molar-refractivity contribution in [2.24, 2.45) is 0 Å². The average molecular weight is 266 g/mol. The molecular formula is C13H12ClNOS. The van der Waals surface area contributed by atoms with Crippen LogP contribution in [-0.4, -0.2) is 15.8 Å². The number of benzene rings is 1. The van der Waals surface area contributed by atoms with Crippen LogP contribution in [0.3, 0.4) is 0 Å². The van der Waals surface area contributed by atoms with Crippen molar-refractivity contribution in [2.75, 3.05) is 5.75 Å². The number of hydrogen-bond acceptors (Lipinski definition) is 3. The minimum atomic E-state index is 0.167. The van der Waals surface area contributed by atoms with E-state index >= 15 is 0 Å². The van der Waals surface area contributed by atoms with E-state index in [2.05, 4.69) is 17.6 Å². The minimum absolute atomic E-state index is 0.167. The quantitative estimate of drug-likeness (QED) is 0.825. The lowest BCUT2D eigenvalue weighted by Gasteiger charge is -2.05. The summed E-state index contributed by atoms with van der Waals surface area (Å²) in [5.41, 5.74) is 1.22. The number of pyridine rings is 1. The van der Waals surface area contributed by atoms with E-state index in [1.165, 1.54) is 0 Å². The zero-order valence-corrected chi connectivity index (χ0v) is 10.7. The molecule has 0 atom stereocenters. The van der Waals surface area contributed by atoms with E-state index in [1.54, 1.807) is 18.3 Å². The Morgan fingerprint density at radius 2 is 2.29 bits per heavy atom. The highest BCUT2D eigenvalue weighted by Crippen LogP contribution is 2.33. The Morgan fingerprint density at radius 3 is 3.06 bits per heavy atom. The van der Waals surface area contributed by atoms with Crippen LogP contribution in [0.5, 0.6) is 5.75 Å². The molecule has 0 saturated carbocycles. The number of hydrogen-bond donors (Lipinski definition) is 2. The van der Waals surface area contributed by atoms with E-state index in [4.69, 9.17) is 11.6 Å². The molecular weight excluding hydrogens is 254 g/mol. The van der Waals surface area contributed by atoms with E-state index in [-0.39, 0.29) is 5.75 Å². The lowest BCUT2D eigenvalue weighted by atomic mass is 10.1. The Hall–Kier alpha value is -1.19. The first-order valence-corrected chi connectivity index (χ1v) is 6.28. The van der Waals surface area contributed by atoms with Crippen molar-refractivity contribution in [2.45, 2.75) is 6.42 Å². The molecule has 1 aromatic heterocycles. The summed E-state index contributed by atoms with van der Waals surface area (Å²) in [6.07, 6.45) is 6.28. The summed E-state index contributed by atoms with van der Waals surface area (Å²) < 4.78 is 0. The SMILES string of the molecule is Oc1c(C=CCCS)cc(Cl)c2cccnc12. The third kappa shape index (κ3) is 2.56. The highest BCUT2D eigenvalue weighted by molar-refractivity contribution is 7.80. The van der Waals surface area contributed by atoms with Gasteiger partial charge < -0.3 is 5.11 Å². The van der Waals surface area contributed by atoms with Crippen LogP contribution in [0.1, 0.15) is 12.0 Å². The number of phenolic OH excluding ortho intramolecular Hbond substituents is 1. The van der Waals surface area contributed by atoms with Gasteiger partial charge in [0, 0.05) is 17.1 Å². The van der Waals surface area contributed by atoms with E-state index in [0.29, 0.717) is 16.1 Å². The maximum Gasteiger partial charge on any atom is 0.149 e. The van der Waals surface area contributed by atoms with Crippen molar-refractivity contribution in [3.63, 3.8) is 0 Å². The molecule has 0 radical (unpaired) electrons. The largest absolute Gasteiger partial charge is 0.505 e. The van der Waals surface area contributed by atoms with Crippen molar-refractivity contribution in [3.05, 3.63) is 41.1 Å². The molecule has 0 spiro atoms. The maximum atomic E-state index is 10.1. The fourth-order valence-corrected chi connectivity index (χ4v) is 2.04. The van der Waals surface area contributed by atoms with Crippen LogP contribution in [0.4, 0.5) is 0 Å². The van der Waals surface area contributed by atoms with E-state index < -0.39 is 0 Å². The van der Waals surface area contributed by atoms with Gasteiger partial charge in [-0.2, -0.15) is 12.6 Å². The second-order valence-corrected chi connectivity index (χ2v) is 4.46. The van der Waals surface area contributed by atoms with Gasteiger partial charge in [-0.1, -0.05) is 23.8 Å². The van der Waals surface area contributed by atoms with Crippen molar-refractivity contribution in [1.82, 2.24) is 4.98 Å². The first kappa shape index (κ1) is 12.3. The van der Waals surface area contributed by atoms with Crippen LogP contribution in [0.2, 0.25) is 5.02 Å². The van der Waals surface area contributed by atoms with Gasteiger partial charge in [0.25, 0.3) is 0 Å². The smallest absolute Gasteiger partial charge is 0.149 e. The van der Waals surface area contributed by atoms with Crippen molar-refractivity contribution < 1.29 is 5.11 Å². The molecule has 2 nitrogen and oxygen atoms in total. The standard InChI is InChI=1S/C13H12ClNOS/c14-11-8-9(4-1-2-7-17)13(16)12-10(11)5-3-6-15-12/h1,3-6,8,16-17H,2,7H2. The Morgan fingerprint density at radius 1 is 1.47 bits per heavy atom. The highest BCUT2D eigenvalue weighted by Gasteiger charge is 2.08. The van der Waals surface area contributed by atoms with Gasteiger partial charge in [0.1, 0.15) is 11.3 Å². The third-order valence-corrected chi connectivity index (χ3v) is 3.01. The predicted molar refractivity (Wildman–Crippen MR) is 75.9 cm³/mol. The molecule has 2 aromatic rings. The Balaban J connectivity index is 2.55. The molecule has 0 saturated heterocycles. The molecule has 1 aromatic carbocycles. The molecule has 88 valence electrons. The predicted octanol–water partition coefficient (Wildman–Crippen LogP) is 3.93. The molecule has 1 N–H and O–H groups in total. The number of allylic oxidation sites excluding steroid dienone is 1. The Bertz CT molecular complexity index is 569. The summed E-state index contributed by atoms with van der Waals surface area (Å²) in [7, 11) is 0. The number of phenols is 1. The number of fused-ring (bicyclic) bond motifs is 1. The highest BCUT2D eigenvalue weighted by atomic mass is 35.5. The summed E-state index contributed by atoms with van der Waals surface area (Å²) in [4.78, 5) is 4.15. The number of thiol groups is 1. The first-order chi connectivity index (χ1) is 8.24. The normalized spacial score (nSPS) is 11.4. The number of aromatic nitrogens is 1. The van der Waals surface area contributed by atoms with Crippen LogP contribution in [-0.2, 0) is 0 Å². The van der Waals surface area contributed by atoms with Crippen LogP contribution < -0.4 is 0 Å². The molecule has 0 aliphatic rings. The van der Waals surface area contributed by atoms with E-state index in [9.17, 15) is 5.11 Å². The molecule has 0 bridgehead atoms. The Labute approximate surface area is 110 Å². The summed E-state index contributed by atoms with van der Waals surface area (Å²) in [5.74, 6) is 0.942. The monoisotopic (exact) mass is 265 g/mol. The summed E-state index contributed by atoms with van der Waals surface area (Å²) in [5, 5.41) is 11.4. The molecule has 2 rings (SSSR count). The molecule has 0 amide bonds. The molecule has 1 heterocycles. The second kappa shape index (κ2) is 5.43. The van der Waals surface area contributed by atoms with Gasteiger partial charge in [0.15, 0.2) is 0 Å². The first-order valence-electron chi connectivity index (χ1n) is 5.27. The van der Waals surface area contributed by atoms with Gasteiger partial charge in [-0.15, -0.1) is 0 Å². The number of rotatable bonds is 3. The molecule has 0 fully saturated rings. The fraction of sp³-hybridized carbons (Fsp3) is 0.154. The van der Waals surface area contributed by atoms with Crippen LogP contribution in [0, 0.1) is 0 Å². The van der Waals surface area contributed by atoms with Crippen LogP contribution in [0.15, 0.2) is 30.5 Å². The zero-order chi connectivity index (χ0) is 12.3. The van der Waals surface area contributed by atoms with Crippen molar-refractivity contribution in [1.29, 1.82) is 0 Å². The summed E-state index contributed by atoms with van der Waals surface area (Å²) >= 11 is 10.3. The number of nitrogens with zero attached hydrogens (tertiary/aromatic N) is 1. The van der Waals surface area contributed by atoms with E-state index in [0.717, 1.165) is 17.6 Å². The second-order valence-electron chi connectivity index (χ2n) is 3.61. The van der Waals surface area contributed by atoms with Crippen molar-refractivity contribution >= 4 is 41.2 Å². The van der Waals surface area contributed by atoms with Gasteiger partial charge >= 0.3 is 0 Å². The van der Waals surface area contributed by atoms with Gasteiger partial charge in [0.05, 0.1) is 5.02 Å². The lowest BCUT2D eigenvalue weighted by Crippen LogP contribution is -1.84. The molecule has 0 unspecified atom stereocenters.